The number of likely N-dealkylation sites (tertiary alicyclic amines) is 2. The first kappa shape index (κ1) is 43.8. The summed E-state index contributed by atoms with van der Waals surface area (Å²) in [4.78, 5) is 59.1. The zero-order chi connectivity index (χ0) is 41.6. The first-order valence-corrected chi connectivity index (χ1v) is 20.7. The molecule has 4 aromatic rings. The quantitative estimate of drug-likeness (QED) is 0.138. The van der Waals surface area contributed by atoms with Crippen LogP contribution in [-0.2, 0) is 19.2 Å². The maximum atomic E-state index is 13.7. The van der Waals surface area contributed by atoms with Crippen LogP contribution in [0.2, 0.25) is 0 Å². The predicted molar refractivity (Wildman–Crippen MR) is 228 cm³/mol. The van der Waals surface area contributed by atoms with Crippen molar-refractivity contribution in [2.45, 2.75) is 88.4 Å². The van der Waals surface area contributed by atoms with Crippen LogP contribution in [0.5, 0.6) is 0 Å². The molecule has 0 radical (unpaired) electrons. The van der Waals surface area contributed by atoms with Gasteiger partial charge in [-0.25, -0.2) is 9.59 Å². The van der Waals surface area contributed by atoms with E-state index in [9.17, 15) is 29.4 Å². The van der Waals surface area contributed by atoms with Crippen LogP contribution in [0, 0.1) is 0 Å². The van der Waals surface area contributed by atoms with E-state index in [4.69, 9.17) is 0 Å². The summed E-state index contributed by atoms with van der Waals surface area (Å²) in [5.74, 6) is -3.10. The van der Waals surface area contributed by atoms with Crippen molar-refractivity contribution in [2.75, 3.05) is 40.3 Å². The summed E-state index contributed by atoms with van der Waals surface area (Å²) in [5.41, 5.74) is 3.55. The minimum absolute atomic E-state index is 0.133. The van der Waals surface area contributed by atoms with E-state index in [1.807, 2.05) is 135 Å². The molecule has 0 bridgehead atoms. The molecular weight excluding hydrogens is 729 g/mol. The van der Waals surface area contributed by atoms with E-state index in [0.29, 0.717) is 25.9 Å². The predicted octanol–water partition coefficient (Wildman–Crippen LogP) is 7.21. The number of amides is 2. The van der Waals surface area contributed by atoms with Gasteiger partial charge < -0.3 is 29.8 Å². The maximum Gasteiger partial charge on any atom is 0.326 e. The number of carboxylic acids is 2. The summed E-state index contributed by atoms with van der Waals surface area (Å²) in [5, 5.41) is 19.8. The van der Waals surface area contributed by atoms with E-state index in [-0.39, 0.29) is 23.9 Å². The molecular formula is C48H60N4O6. The molecule has 10 heteroatoms. The number of hydrogen-bond donors (Lipinski definition) is 2. The Kier molecular flexibility index (Phi) is 16.2. The van der Waals surface area contributed by atoms with Crippen LogP contribution in [0.1, 0.15) is 86.5 Å². The van der Waals surface area contributed by atoms with Crippen LogP contribution < -0.4 is 0 Å². The van der Waals surface area contributed by atoms with Gasteiger partial charge in [0, 0.05) is 25.2 Å². The second kappa shape index (κ2) is 21.4. The van der Waals surface area contributed by atoms with Crippen molar-refractivity contribution in [3.63, 3.8) is 0 Å². The third-order valence-electron chi connectivity index (χ3n) is 11.7. The van der Waals surface area contributed by atoms with Gasteiger partial charge in [0.2, 0.25) is 11.8 Å². The average Bonchev–Trinajstić information content (AvgIpc) is 3.25. The van der Waals surface area contributed by atoms with Crippen molar-refractivity contribution in [2.24, 2.45) is 0 Å². The van der Waals surface area contributed by atoms with Crippen molar-refractivity contribution in [1.82, 2.24) is 19.6 Å². The molecule has 4 atom stereocenters. The highest BCUT2D eigenvalue weighted by atomic mass is 16.4. The Balaban J connectivity index is 0.000000221. The lowest BCUT2D eigenvalue weighted by Gasteiger charge is -2.42. The van der Waals surface area contributed by atoms with Gasteiger partial charge in [0.05, 0.1) is 11.8 Å². The van der Waals surface area contributed by atoms with Crippen LogP contribution in [0.3, 0.4) is 0 Å². The minimum atomic E-state index is -0.923. The first-order valence-electron chi connectivity index (χ1n) is 20.7. The second-order valence-corrected chi connectivity index (χ2v) is 15.6. The lowest BCUT2D eigenvalue weighted by molar-refractivity contribution is -0.153. The van der Waals surface area contributed by atoms with Crippen molar-refractivity contribution >= 4 is 23.8 Å². The van der Waals surface area contributed by atoms with Gasteiger partial charge >= 0.3 is 11.9 Å². The smallest absolute Gasteiger partial charge is 0.326 e. The monoisotopic (exact) mass is 788 g/mol. The molecule has 2 saturated heterocycles. The van der Waals surface area contributed by atoms with E-state index >= 15 is 0 Å². The summed E-state index contributed by atoms with van der Waals surface area (Å²) in [6, 6.07) is 37.3. The van der Waals surface area contributed by atoms with Crippen LogP contribution in [0.25, 0.3) is 0 Å². The summed E-state index contributed by atoms with van der Waals surface area (Å²) >= 11 is 0. The number of carbonyl (C=O) groups excluding carboxylic acids is 2. The molecule has 2 aliphatic rings. The molecule has 2 aliphatic heterocycles. The Labute approximate surface area is 344 Å². The molecule has 0 spiro atoms. The highest BCUT2D eigenvalue weighted by molar-refractivity contribution is 5.92. The number of carboxylic acid groups (broad SMARTS) is 2. The van der Waals surface area contributed by atoms with Gasteiger partial charge in [-0.05, 0) is 88.0 Å². The summed E-state index contributed by atoms with van der Waals surface area (Å²) in [7, 11) is 4.09. The van der Waals surface area contributed by atoms with Gasteiger partial charge in [0.15, 0.2) is 0 Å². The zero-order valence-corrected chi connectivity index (χ0v) is 34.4. The maximum absolute atomic E-state index is 13.7. The van der Waals surface area contributed by atoms with Crippen molar-refractivity contribution < 1.29 is 29.4 Å². The van der Waals surface area contributed by atoms with Crippen molar-refractivity contribution in [3.05, 3.63) is 144 Å². The summed E-state index contributed by atoms with van der Waals surface area (Å²) in [6.07, 6.45) is 4.57. The Hall–Kier alpha value is -5.32. The Morgan fingerprint density at radius 2 is 0.810 bits per heavy atom. The molecule has 0 aliphatic carbocycles. The molecule has 0 aromatic heterocycles. The fourth-order valence-electron chi connectivity index (χ4n) is 8.63. The third kappa shape index (κ3) is 11.0. The van der Waals surface area contributed by atoms with E-state index in [1.165, 1.54) is 0 Å². The lowest BCUT2D eigenvalue weighted by Crippen LogP contribution is -2.55. The zero-order valence-electron chi connectivity index (χ0n) is 34.4. The fourth-order valence-corrected chi connectivity index (χ4v) is 8.63. The highest BCUT2D eigenvalue weighted by Crippen LogP contribution is 2.33. The Morgan fingerprint density at radius 3 is 1.05 bits per heavy atom. The molecule has 2 N–H and O–H groups in total. The fraction of sp³-hybridized carbons (Fsp3) is 0.417. The molecule has 2 amide bonds. The third-order valence-corrected chi connectivity index (χ3v) is 11.7. The van der Waals surface area contributed by atoms with Crippen LogP contribution in [0.4, 0.5) is 0 Å². The number of benzene rings is 4. The Bertz CT molecular complexity index is 1680. The lowest BCUT2D eigenvalue weighted by atomic mass is 9.87. The molecule has 0 unspecified atom stereocenters. The second-order valence-electron chi connectivity index (χ2n) is 15.6. The summed E-state index contributed by atoms with van der Waals surface area (Å²) in [6.45, 7) is 7.03. The molecule has 58 heavy (non-hydrogen) atoms. The van der Waals surface area contributed by atoms with Gasteiger partial charge in [-0.15, -0.1) is 0 Å². The normalized spacial score (nSPS) is 19.5. The molecule has 2 heterocycles. The van der Waals surface area contributed by atoms with Gasteiger partial charge in [-0.2, -0.15) is 0 Å². The van der Waals surface area contributed by atoms with Crippen LogP contribution in [-0.4, -0.2) is 118 Å². The molecule has 10 nitrogen and oxygen atoms in total. The van der Waals surface area contributed by atoms with E-state index in [0.717, 1.165) is 61.0 Å². The number of rotatable bonds is 14. The van der Waals surface area contributed by atoms with E-state index in [2.05, 4.69) is 23.6 Å². The largest absolute Gasteiger partial charge is 0.480 e. The number of carbonyl (C=O) groups is 4. The summed E-state index contributed by atoms with van der Waals surface area (Å²) < 4.78 is 0. The average molecular weight is 789 g/mol. The first-order chi connectivity index (χ1) is 28.0. The molecule has 0 saturated carbocycles. The molecule has 2 fully saturated rings. The molecule has 4 aromatic carbocycles. The van der Waals surface area contributed by atoms with Crippen LogP contribution in [0.15, 0.2) is 121 Å². The molecule has 308 valence electrons. The molecule has 6 rings (SSSR count). The van der Waals surface area contributed by atoms with E-state index < -0.39 is 35.9 Å². The number of hydrogen-bond acceptors (Lipinski definition) is 6. The number of nitrogens with zero attached hydrogens (tertiary/aromatic N) is 4. The topological polar surface area (TPSA) is 122 Å². The van der Waals surface area contributed by atoms with Crippen molar-refractivity contribution in [1.29, 1.82) is 0 Å². The van der Waals surface area contributed by atoms with Gasteiger partial charge in [-0.1, -0.05) is 135 Å². The van der Waals surface area contributed by atoms with Crippen molar-refractivity contribution in [3.8, 4) is 0 Å². The minimum Gasteiger partial charge on any atom is -0.480 e. The number of piperidine rings is 2. The highest BCUT2D eigenvalue weighted by Gasteiger charge is 2.42. The number of aliphatic carboxylic acids is 2. The Morgan fingerprint density at radius 1 is 0.534 bits per heavy atom. The van der Waals surface area contributed by atoms with E-state index in [1.54, 1.807) is 9.80 Å². The van der Waals surface area contributed by atoms with Gasteiger partial charge in [0.25, 0.3) is 0 Å². The standard InChI is InChI=1S/2C24H30N2O3/c2*1-3-15-25(2)20-14-16-26(21(17-20)24(28)29)23(27)22(18-10-6-4-7-11-18)19-12-8-5-9-13-19/h2*4-13,20-22H,3,14-17H2,1-2H3,(H,28,29)/t20-,21+;20-,21-/m10/s1. The van der Waals surface area contributed by atoms with Crippen LogP contribution >= 0.6 is 0 Å². The van der Waals surface area contributed by atoms with Gasteiger partial charge in [0.1, 0.15) is 12.1 Å². The SMILES string of the molecule is CCCN(C)[C@@H]1CCN(C(=O)C(c2ccccc2)c2ccccc2)[C@H](C(=O)O)C1.CCCN(C)[C@H]1CCN(C(=O)C(c2ccccc2)c2ccccc2)[C@H](C(=O)O)C1. The van der Waals surface area contributed by atoms with Gasteiger partial charge in [-0.3, -0.25) is 9.59 Å².